The van der Waals surface area contributed by atoms with Crippen molar-refractivity contribution in [2.75, 3.05) is 9.80 Å². The summed E-state index contributed by atoms with van der Waals surface area (Å²) in [7, 11) is 0. The maximum Gasteiger partial charge on any atom is 0.0540 e. The number of hydrogen-bond donors (Lipinski definition) is 0. The van der Waals surface area contributed by atoms with E-state index in [4.69, 9.17) is 0 Å². The largest absolute Gasteiger partial charge is 0.310 e. The van der Waals surface area contributed by atoms with Gasteiger partial charge in [0.1, 0.15) is 0 Å². The molecule has 1 saturated carbocycles. The van der Waals surface area contributed by atoms with Crippen molar-refractivity contribution < 1.29 is 0 Å². The molecule has 2 heteroatoms. The van der Waals surface area contributed by atoms with Gasteiger partial charge in [0.15, 0.2) is 0 Å². The number of rotatable bonds is 6. The minimum Gasteiger partial charge on any atom is -0.310 e. The number of hydrogen-bond acceptors (Lipinski definition) is 2. The van der Waals surface area contributed by atoms with E-state index in [9.17, 15) is 0 Å². The van der Waals surface area contributed by atoms with Gasteiger partial charge in [0.25, 0.3) is 0 Å². The number of anilines is 6. The van der Waals surface area contributed by atoms with Gasteiger partial charge in [0, 0.05) is 33.3 Å². The molecule has 0 radical (unpaired) electrons. The number of fused-ring (bicyclic) bond motifs is 6. The zero-order valence-electron chi connectivity index (χ0n) is 33.2. The molecule has 0 N–H and O–H groups in total. The molecule has 3 atom stereocenters. The van der Waals surface area contributed by atoms with Crippen LogP contribution in [0.1, 0.15) is 60.1 Å². The van der Waals surface area contributed by atoms with E-state index in [1.807, 2.05) is 0 Å². The summed E-state index contributed by atoms with van der Waals surface area (Å²) in [5, 5.41) is 2.53. The summed E-state index contributed by atoms with van der Waals surface area (Å²) in [4.78, 5) is 5.19. The molecule has 280 valence electrons. The first-order chi connectivity index (χ1) is 28.5. The molecule has 0 bridgehead atoms. The first-order valence-corrected chi connectivity index (χ1v) is 21.2. The first kappa shape index (κ1) is 33.7. The van der Waals surface area contributed by atoms with Gasteiger partial charge >= 0.3 is 0 Å². The van der Waals surface area contributed by atoms with Crippen molar-refractivity contribution in [3.8, 4) is 11.1 Å². The molecule has 3 unspecified atom stereocenters. The number of nitrogens with zero attached hydrogens (tertiary/aromatic N) is 2. The Morgan fingerprint density at radius 3 is 1.67 bits per heavy atom. The van der Waals surface area contributed by atoms with Crippen LogP contribution in [0.4, 0.5) is 34.1 Å². The number of benzene rings is 8. The molecule has 4 aliphatic rings. The summed E-state index contributed by atoms with van der Waals surface area (Å²) in [6.07, 6.45) is 4.73. The Labute approximate surface area is 342 Å². The van der Waals surface area contributed by atoms with Crippen LogP contribution >= 0.6 is 0 Å². The molecule has 0 amide bonds. The molecule has 0 saturated heterocycles. The Hall–Kier alpha value is -6.38. The maximum absolute atomic E-state index is 2.60. The zero-order chi connectivity index (χ0) is 38.6. The second-order valence-electron chi connectivity index (χ2n) is 17.6. The lowest BCUT2D eigenvalue weighted by Gasteiger charge is -2.40. The van der Waals surface area contributed by atoms with Crippen LogP contribution < -0.4 is 9.80 Å². The lowest BCUT2D eigenvalue weighted by molar-refractivity contribution is 0.350. The second kappa shape index (κ2) is 12.6. The fourth-order valence-electron chi connectivity index (χ4n) is 12.3. The van der Waals surface area contributed by atoms with Crippen molar-refractivity contribution in [3.05, 3.63) is 215 Å². The van der Waals surface area contributed by atoms with Crippen LogP contribution in [-0.4, -0.2) is 0 Å². The third-order valence-electron chi connectivity index (χ3n) is 14.5. The van der Waals surface area contributed by atoms with Gasteiger partial charge in [0.05, 0.1) is 17.1 Å². The number of para-hydroxylation sites is 2. The van der Waals surface area contributed by atoms with Crippen LogP contribution in [0.5, 0.6) is 0 Å². The van der Waals surface area contributed by atoms with Crippen LogP contribution in [0.15, 0.2) is 182 Å². The molecule has 0 aliphatic heterocycles. The van der Waals surface area contributed by atoms with Crippen molar-refractivity contribution in [1.82, 2.24) is 0 Å². The Morgan fingerprint density at radius 1 is 0.431 bits per heavy atom. The van der Waals surface area contributed by atoms with E-state index in [0.717, 1.165) is 12.8 Å². The summed E-state index contributed by atoms with van der Waals surface area (Å²) in [5.41, 5.74) is 18.9. The van der Waals surface area contributed by atoms with Crippen molar-refractivity contribution in [2.45, 2.75) is 50.4 Å². The van der Waals surface area contributed by atoms with E-state index < -0.39 is 0 Å². The molecule has 1 spiro atoms. The van der Waals surface area contributed by atoms with Crippen molar-refractivity contribution in [2.24, 2.45) is 11.8 Å². The molecular formula is C56H46N2. The molecule has 2 nitrogen and oxygen atoms in total. The van der Waals surface area contributed by atoms with E-state index >= 15 is 0 Å². The van der Waals surface area contributed by atoms with Gasteiger partial charge in [-0.25, -0.2) is 0 Å². The third kappa shape index (κ3) is 4.60. The molecule has 8 aromatic rings. The van der Waals surface area contributed by atoms with E-state index in [-0.39, 0.29) is 10.8 Å². The van der Waals surface area contributed by atoms with Crippen LogP contribution in [0.25, 0.3) is 21.9 Å². The van der Waals surface area contributed by atoms with Gasteiger partial charge in [0.2, 0.25) is 0 Å². The summed E-state index contributed by atoms with van der Waals surface area (Å²) in [6.45, 7) is 4.79. The van der Waals surface area contributed by atoms with E-state index in [2.05, 4.69) is 206 Å². The highest BCUT2D eigenvalue weighted by Crippen LogP contribution is 2.69. The standard InChI is InChI=1S/C56H46N2/c1-55(2)48-26-12-11-25-46(48)47-33-32-44(36-49(47)55)57(42-20-5-3-6-21-42)51-28-14-18-38-34-40-30-31-41-35-39-19-15-29-52(54(39)56(40,41)53(38)51)58(43-22-7-4-8-23-43)50-27-13-17-37-16-9-10-24-45(37)50/h3-29,32-33,36,40-41H,30-31,34-35H2,1-2H3. The molecule has 58 heavy (non-hydrogen) atoms. The smallest absolute Gasteiger partial charge is 0.0540 e. The summed E-state index contributed by atoms with van der Waals surface area (Å²) in [6, 6.07) is 68.6. The van der Waals surface area contributed by atoms with Crippen LogP contribution in [0, 0.1) is 11.8 Å². The quantitative estimate of drug-likeness (QED) is 0.167. The monoisotopic (exact) mass is 746 g/mol. The average Bonchev–Trinajstić information content (AvgIpc) is 3.96. The summed E-state index contributed by atoms with van der Waals surface area (Å²) in [5.74, 6) is 1.07. The van der Waals surface area contributed by atoms with Gasteiger partial charge in [-0.15, -0.1) is 0 Å². The first-order valence-electron chi connectivity index (χ1n) is 21.2. The van der Waals surface area contributed by atoms with E-state index in [1.165, 1.54) is 91.1 Å². The predicted molar refractivity (Wildman–Crippen MR) is 242 cm³/mol. The van der Waals surface area contributed by atoms with Crippen LogP contribution in [0.2, 0.25) is 0 Å². The molecule has 4 aliphatic carbocycles. The summed E-state index contributed by atoms with van der Waals surface area (Å²) >= 11 is 0. The van der Waals surface area contributed by atoms with Gasteiger partial charge in [-0.1, -0.05) is 141 Å². The molecular weight excluding hydrogens is 701 g/mol. The van der Waals surface area contributed by atoms with Crippen molar-refractivity contribution in [3.63, 3.8) is 0 Å². The second-order valence-corrected chi connectivity index (χ2v) is 17.6. The van der Waals surface area contributed by atoms with Gasteiger partial charge < -0.3 is 9.80 Å². The van der Waals surface area contributed by atoms with E-state index in [1.54, 1.807) is 11.1 Å². The summed E-state index contributed by atoms with van der Waals surface area (Å²) < 4.78 is 0. The highest BCUT2D eigenvalue weighted by atomic mass is 15.2. The molecule has 12 rings (SSSR count). The molecule has 8 aromatic carbocycles. The van der Waals surface area contributed by atoms with Crippen molar-refractivity contribution in [1.29, 1.82) is 0 Å². The highest BCUT2D eigenvalue weighted by Gasteiger charge is 2.62. The molecule has 1 fully saturated rings. The third-order valence-corrected chi connectivity index (χ3v) is 14.5. The Kier molecular flexibility index (Phi) is 7.30. The normalized spacial score (nSPS) is 20.2. The van der Waals surface area contributed by atoms with Gasteiger partial charge in [-0.05, 0) is 142 Å². The Morgan fingerprint density at radius 2 is 0.966 bits per heavy atom. The Bertz CT molecular complexity index is 2900. The fourth-order valence-corrected chi connectivity index (χ4v) is 12.3. The minimum absolute atomic E-state index is 0.0922. The SMILES string of the molecule is CC1(C)c2ccccc2-c2ccc(N(c3ccccc3)c3cccc4c3C35c6c(cccc6N(c6ccccc6)c6cccc7ccccc67)CC3CCC5C4)cc21. The Balaban J connectivity index is 1.11. The lowest BCUT2D eigenvalue weighted by atomic mass is 9.68. The predicted octanol–water partition coefficient (Wildman–Crippen LogP) is 14.5. The lowest BCUT2D eigenvalue weighted by Crippen LogP contribution is -2.34. The van der Waals surface area contributed by atoms with Gasteiger partial charge in [-0.3, -0.25) is 0 Å². The van der Waals surface area contributed by atoms with E-state index in [0.29, 0.717) is 11.8 Å². The maximum atomic E-state index is 2.60. The minimum atomic E-state index is -0.116. The van der Waals surface area contributed by atoms with Crippen LogP contribution in [-0.2, 0) is 23.7 Å². The topological polar surface area (TPSA) is 6.48 Å². The zero-order valence-corrected chi connectivity index (χ0v) is 33.2. The fraction of sp³-hybridized carbons (Fsp3) is 0.179. The highest BCUT2D eigenvalue weighted by molar-refractivity contribution is 6.00. The van der Waals surface area contributed by atoms with Gasteiger partial charge in [-0.2, -0.15) is 0 Å². The van der Waals surface area contributed by atoms with Crippen molar-refractivity contribution >= 4 is 44.9 Å². The molecule has 0 aromatic heterocycles. The molecule has 0 heterocycles. The average molecular weight is 747 g/mol. The van der Waals surface area contributed by atoms with Crippen LogP contribution in [0.3, 0.4) is 0 Å².